The van der Waals surface area contributed by atoms with Crippen molar-refractivity contribution in [3.63, 3.8) is 0 Å². The van der Waals surface area contributed by atoms with Gasteiger partial charge in [0.05, 0.1) is 5.69 Å². The van der Waals surface area contributed by atoms with E-state index in [1.807, 2.05) is 36.4 Å². The monoisotopic (exact) mass is 705 g/mol. The Morgan fingerprint density at radius 2 is 1.09 bits per heavy atom. The number of hydrogen-bond donors (Lipinski definition) is 0. The summed E-state index contributed by atoms with van der Waals surface area (Å²) in [6.07, 6.45) is 5.92. The predicted octanol–water partition coefficient (Wildman–Crippen LogP) is 13.1. The van der Waals surface area contributed by atoms with E-state index in [2.05, 4.69) is 175 Å². The Balaban J connectivity index is 1.18. The van der Waals surface area contributed by atoms with E-state index in [0.717, 1.165) is 82.7 Å². The van der Waals surface area contributed by atoms with E-state index >= 15 is 0 Å². The Hall–Kier alpha value is -7.36. The Bertz CT molecular complexity index is 3150. The lowest BCUT2D eigenvalue weighted by molar-refractivity contribution is 0.575. The fraction of sp³-hybridized carbons (Fsp3) is 0. The van der Waals surface area contributed by atoms with Crippen molar-refractivity contribution in [2.45, 2.75) is 0 Å². The van der Waals surface area contributed by atoms with Crippen LogP contribution in [-0.4, -0.2) is 0 Å². The zero-order valence-electron chi connectivity index (χ0n) is 30.0. The molecule has 3 heteroatoms. The fourth-order valence-electron chi connectivity index (χ4n) is 7.88. The Morgan fingerprint density at radius 1 is 0.491 bits per heavy atom. The van der Waals surface area contributed by atoms with Gasteiger partial charge in [-0.25, -0.2) is 0 Å². The Morgan fingerprint density at radius 3 is 1.85 bits per heavy atom. The highest BCUT2D eigenvalue weighted by Gasteiger charge is 2.22. The lowest BCUT2D eigenvalue weighted by Crippen LogP contribution is -2.19. The molecule has 0 unspecified atom stereocenters. The van der Waals surface area contributed by atoms with E-state index in [1.54, 1.807) is 0 Å². The van der Waals surface area contributed by atoms with Gasteiger partial charge in [0.1, 0.15) is 22.2 Å². The van der Waals surface area contributed by atoms with Crippen LogP contribution < -0.4 is 15.5 Å². The smallest absolute Gasteiger partial charge is 0.143 e. The molecule has 0 atom stereocenters. The lowest BCUT2D eigenvalue weighted by atomic mass is 9.93. The quantitative estimate of drug-likeness (QED) is 0.165. The molecule has 0 N–H and O–H groups in total. The lowest BCUT2D eigenvalue weighted by Gasteiger charge is -2.28. The van der Waals surface area contributed by atoms with Crippen LogP contribution in [0.5, 0.6) is 0 Å². The summed E-state index contributed by atoms with van der Waals surface area (Å²) in [5, 5.41) is 6.62. The van der Waals surface area contributed by atoms with Gasteiger partial charge in [-0.3, -0.25) is 0 Å². The summed E-state index contributed by atoms with van der Waals surface area (Å²) >= 11 is 0. The molecule has 2 heterocycles. The van der Waals surface area contributed by atoms with Gasteiger partial charge in [0.25, 0.3) is 0 Å². The van der Waals surface area contributed by atoms with Gasteiger partial charge in [-0.1, -0.05) is 152 Å². The first-order valence-corrected chi connectivity index (χ1v) is 18.5. The summed E-state index contributed by atoms with van der Waals surface area (Å²) in [6, 6.07) is 64.0. The van der Waals surface area contributed by atoms with E-state index in [1.165, 1.54) is 16.5 Å². The highest BCUT2D eigenvalue weighted by Crippen LogP contribution is 2.47. The average molecular weight is 706 g/mol. The molecular weight excluding hydrogens is 671 g/mol. The second kappa shape index (κ2) is 13.6. The SMILES string of the molecule is C=C/C=c1\c(=C\c2ccc(N(c3ccc(-c4ccccc4)cc3)c3ccccc3-c3c4ccccc4cc4c3oc3ccccc34)cc2)oc2ccccc12. The molecule has 0 aliphatic rings. The van der Waals surface area contributed by atoms with Crippen LogP contribution >= 0.6 is 0 Å². The number of nitrogens with zero attached hydrogens (tertiary/aromatic N) is 1. The van der Waals surface area contributed by atoms with E-state index in [0.29, 0.717) is 0 Å². The van der Waals surface area contributed by atoms with Gasteiger partial charge in [0, 0.05) is 43.9 Å². The van der Waals surface area contributed by atoms with Crippen molar-refractivity contribution in [2.24, 2.45) is 0 Å². The third-order valence-corrected chi connectivity index (χ3v) is 10.4. The van der Waals surface area contributed by atoms with Gasteiger partial charge in [-0.2, -0.15) is 0 Å². The summed E-state index contributed by atoms with van der Waals surface area (Å²) in [5.74, 6) is 0. The van der Waals surface area contributed by atoms with Crippen molar-refractivity contribution in [3.8, 4) is 22.3 Å². The van der Waals surface area contributed by atoms with Crippen LogP contribution in [-0.2, 0) is 0 Å². The number of furan rings is 2. The maximum absolute atomic E-state index is 6.74. The Labute approximate surface area is 318 Å². The number of fused-ring (bicyclic) bond motifs is 5. The van der Waals surface area contributed by atoms with Gasteiger partial charge in [-0.15, -0.1) is 0 Å². The molecule has 0 spiro atoms. The minimum absolute atomic E-state index is 0.804. The zero-order chi connectivity index (χ0) is 36.7. The van der Waals surface area contributed by atoms with E-state index in [-0.39, 0.29) is 0 Å². The summed E-state index contributed by atoms with van der Waals surface area (Å²) < 4.78 is 13.1. The van der Waals surface area contributed by atoms with Crippen molar-refractivity contribution in [2.75, 3.05) is 4.90 Å². The molecule has 10 aromatic rings. The molecule has 3 nitrogen and oxygen atoms in total. The zero-order valence-corrected chi connectivity index (χ0v) is 30.0. The van der Waals surface area contributed by atoms with E-state index in [9.17, 15) is 0 Å². The maximum atomic E-state index is 6.74. The fourth-order valence-corrected chi connectivity index (χ4v) is 7.88. The van der Waals surface area contributed by atoms with Crippen LogP contribution in [0.25, 0.3) is 78.1 Å². The van der Waals surface area contributed by atoms with Gasteiger partial charge in [0.2, 0.25) is 0 Å². The largest absolute Gasteiger partial charge is 0.456 e. The summed E-state index contributed by atoms with van der Waals surface area (Å²) in [7, 11) is 0. The predicted molar refractivity (Wildman–Crippen MR) is 230 cm³/mol. The molecule has 2 aromatic heterocycles. The second-order valence-corrected chi connectivity index (χ2v) is 13.7. The second-order valence-electron chi connectivity index (χ2n) is 13.7. The van der Waals surface area contributed by atoms with Crippen molar-refractivity contribution in [3.05, 3.63) is 211 Å². The van der Waals surface area contributed by atoms with Crippen molar-refractivity contribution < 1.29 is 8.83 Å². The molecule has 10 rings (SSSR count). The van der Waals surface area contributed by atoms with Gasteiger partial charge < -0.3 is 13.7 Å². The topological polar surface area (TPSA) is 29.5 Å². The van der Waals surface area contributed by atoms with E-state index in [4.69, 9.17) is 8.83 Å². The molecule has 0 bridgehead atoms. The van der Waals surface area contributed by atoms with Crippen molar-refractivity contribution in [1.82, 2.24) is 0 Å². The molecule has 0 saturated heterocycles. The molecule has 0 aliphatic heterocycles. The molecular formula is C52H35NO2. The molecule has 55 heavy (non-hydrogen) atoms. The molecule has 8 aromatic carbocycles. The van der Waals surface area contributed by atoms with Gasteiger partial charge in [0.15, 0.2) is 0 Å². The van der Waals surface area contributed by atoms with Crippen molar-refractivity contribution in [1.29, 1.82) is 0 Å². The summed E-state index contributed by atoms with van der Waals surface area (Å²) in [5.41, 5.74) is 12.1. The van der Waals surface area contributed by atoms with Crippen molar-refractivity contribution >= 4 is 72.9 Å². The van der Waals surface area contributed by atoms with Crippen LogP contribution in [0.4, 0.5) is 17.1 Å². The maximum Gasteiger partial charge on any atom is 0.143 e. The number of anilines is 3. The summed E-state index contributed by atoms with van der Waals surface area (Å²) in [6.45, 7) is 3.95. The molecule has 0 aliphatic carbocycles. The number of hydrogen-bond acceptors (Lipinski definition) is 3. The first-order chi connectivity index (χ1) is 27.2. The van der Waals surface area contributed by atoms with Gasteiger partial charge in [-0.05, 0) is 82.1 Å². The average Bonchev–Trinajstić information content (AvgIpc) is 3.79. The number of para-hydroxylation sites is 3. The standard InChI is InChI=1S/C52H35NO2/c1-2-14-42-43-19-9-12-23-48(43)54-50(42)33-35-25-29-39(30-26-35)53(40-31-27-37(28-32-40)36-15-4-3-5-16-36)47-22-11-8-21-45(47)51-41-18-7-6-17-38(41)34-46-44-20-10-13-24-49(44)55-52(46)51/h2-34H,1H2/b42-14-,50-33-. The Kier molecular flexibility index (Phi) is 7.96. The molecule has 0 radical (unpaired) electrons. The van der Waals surface area contributed by atoms with E-state index < -0.39 is 0 Å². The highest BCUT2D eigenvalue weighted by atomic mass is 16.3. The highest BCUT2D eigenvalue weighted by molar-refractivity contribution is 6.19. The minimum Gasteiger partial charge on any atom is -0.456 e. The van der Waals surface area contributed by atoms with Gasteiger partial charge >= 0.3 is 0 Å². The van der Waals surface area contributed by atoms with Crippen LogP contribution in [0.2, 0.25) is 0 Å². The van der Waals surface area contributed by atoms with Crippen LogP contribution in [0.15, 0.2) is 203 Å². The normalized spacial score (nSPS) is 12.3. The number of allylic oxidation sites excluding steroid dienone is 1. The molecule has 0 saturated carbocycles. The third kappa shape index (κ3) is 5.70. The molecule has 260 valence electrons. The number of rotatable bonds is 7. The third-order valence-electron chi connectivity index (χ3n) is 10.4. The van der Waals surface area contributed by atoms with Crippen LogP contribution in [0.3, 0.4) is 0 Å². The van der Waals surface area contributed by atoms with Crippen LogP contribution in [0, 0.1) is 0 Å². The first-order valence-electron chi connectivity index (χ1n) is 18.5. The molecule has 0 fully saturated rings. The first kappa shape index (κ1) is 32.3. The summed E-state index contributed by atoms with van der Waals surface area (Å²) in [4.78, 5) is 2.35. The number of benzene rings is 8. The minimum atomic E-state index is 0.804. The molecule has 0 amide bonds. The van der Waals surface area contributed by atoms with Crippen LogP contribution in [0.1, 0.15) is 5.56 Å².